The maximum Gasteiger partial charge on any atom is 0.342 e. The number of hydrogen-bond donors (Lipinski definition) is 3. The average Bonchev–Trinajstić information content (AvgIpc) is 2.78. The second-order valence-electron chi connectivity index (χ2n) is 6.43. The SMILES string of the molecule is COc1cc(/C=N/NC(=O)CCc2n[nH]c(=O)[nH]c2=O)ccc1OCc1ccccc1. The van der Waals surface area contributed by atoms with Gasteiger partial charge >= 0.3 is 5.69 Å². The number of nitrogens with one attached hydrogen (secondary N) is 3. The number of aromatic amines is 2. The van der Waals surface area contributed by atoms with Crippen LogP contribution in [0.5, 0.6) is 11.5 Å². The second kappa shape index (κ2) is 10.5. The van der Waals surface area contributed by atoms with Crippen molar-refractivity contribution in [3.05, 3.63) is 86.2 Å². The number of nitrogens with zero attached hydrogens (tertiary/aromatic N) is 2. The molecule has 0 bridgehead atoms. The van der Waals surface area contributed by atoms with E-state index >= 15 is 0 Å². The Bertz CT molecular complexity index is 1170. The minimum absolute atomic E-state index is 0.0188. The summed E-state index contributed by atoms with van der Waals surface area (Å²) in [5.41, 5.74) is 2.86. The molecule has 0 aliphatic carbocycles. The number of aryl methyl sites for hydroxylation is 1. The highest BCUT2D eigenvalue weighted by molar-refractivity contribution is 5.83. The summed E-state index contributed by atoms with van der Waals surface area (Å²) in [6, 6.07) is 15.1. The zero-order valence-electron chi connectivity index (χ0n) is 16.8. The third-order valence-corrected chi connectivity index (χ3v) is 4.20. The number of methoxy groups -OCH3 is 1. The lowest BCUT2D eigenvalue weighted by Crippen LogP contribution is -2.28. The first-order valence-corrected chi connectivity index (χ1v) is 9.39. The molecule has 3 aromatic rings. The van der Waals surface area contributed by atoms with E-state index in [4.69, 9.17) is 9.47 Å². The molecule has 10 nitrogen and oxygen atoms in total. The van der Waals surface area contributed by atoms with Crippen molar-refractivity contribution in [1.82, 2.24) is 20.6 Å². The van der Waals surface area contributed by atoms with Crippen molar-refractivity contribution in [1.29, 1.82) is 0 Å². The van der Waals surface area contributed by atoms with Crippen LogP contribution in [0, 0.1) is 0 Å². The van der Waals surface area contributed by atoms with Crippen LogP contribution < -0.4 is 26.1 Å². The standard InChI is InChI=1S/C21H21N5O5/c1-30-18-11-15(7-9-17(18)31-13-14-5-3-2-4-6-14)12-22-25-19(27)10-8-16-20(28)23-21(29)26-24-16/h2-7,9,11-12H,8,10,13H2,1H3,(H,25,27)(H2,23,26,28,29)/b22-12+. The normalized spacial score (nSPS) is 10.7. The van der Waals surface area contributed by atoms with Crippen molar-refractivity contribution in [2.75, 3.05) is 7.11 Å². The predicted molar refractivity (Wildman–Crippen MR) is 113 cm³/mol. The van der Waals surface area contributed by atoms with E-state index in [9.17, 15) is 14.4 Å². The number of amides is 1. The summed E-state index contributed by atoms with van der Waals surface area (Å²) in [6.45, 7) is 0.410. The number of hydrogen-bond acceptors (Lipinski definition) is 7. The highest BCUT2D eigenvalue weighted by Crippen LogP contribution is 2.28. The second-order valence-corrected chi connectivity index (χ2v) is 6.43. The Morgan fingerprint density at radius 1 is 1.16 bits per heavy atom. The summed E-state index contributed by atoms with van der Waals surface area (Å²) >= 11 is 0. The molecule has 0 saturated heterocycles. The number of H-pyrrole nitrogens is 2. The van der Waals surface area contributed by atoms with Crippen molar-refractivity contribution in [2.45, 2.75) is 19.4 Å². The zero-order chi connectivity index (χ0) is 22.1. The fourth-order valence-corrected chi connectivity index (χ4v) is 2.63. The molecule has 160 valence electrons. The smallest absolute Gasteiger partial charge is 0.342 e. The molecule has 1 heterocycles. The van der Waals surface area contributed by atoms with Gasteiger partial charge in [0.15, 0.2) is 11.5 Å². The first-order valence-electron chi connectivity index (χ1n) is 9.39. The van der Waals surface area contributed by atoms with Crippen molar-refractivity contribution in [2.24, 2.45) is 5.10 Å². The molecule has 0 radical (unpaired) electrons. The fourth-order valence-electron chi connectivity index (χ4n) is 2.63. The molecule has 0 fully saturated rings. The van der Waals surface area contributed by atoms with Gasteiger partial charge in [0.25, 0.3) is 5.56 Å². The number of carbonyl (C=O) groups excluding carboxylic acids is 1. The van der Waals surface area contributed by atoms with E-state index in [1.54, 1.807) is 25.3 Å². The molecule has 31 heavy (non-hydrogen) atoms. The van der Waals surface area contributed by atoms with Gasteiger partial charge in [-0.25, -0.2) is 15.3 Å². The number of carbonyl (C=O) groups is 1. The Morgan fingerprint density at radius 3 is 2.71 bits per heavy atom. The topological polar surface area (TPSA) is 139 Å². The first-order chi connectivity index (χ1) is 15.0. The van der Waals surface area contributed by atoms with E-state index in [-0.39, 0.29) is 18.5 Å². The van der Waals surface area contributed by atoms with E-state index in [2.05, 4.69) is 20.7 Å². The van der Waals surface area contributed by atoms with Gasteiger partial charge in [-0.2, -0.15) is 10.2 Å². The highest BCUT2D eigenvalue weighted by Gasteiger charge is 2.08. The highest BCUT2D eigenvalue weighted by atomic mass is 16.5. The number of hydrazone groups is 1. The Balaban J connectivity index is 1.53. The predicted octanol–water partition coefficient (Wildman–Crippen LogP) is 1.13. The summed E-state index contributed by atoms with van der Waals surface area (Å²) < 4.78 is 11.2. The van der Waals surface area contributed by atoms with Crippen LogP contribution in [-0.2, 0) is 17.8 Å². The molecule has 0 saturated carbocycles. The summed E-state index contributed by atoms with van der Waals surface area (Å²) in [7, 11) is 1.54. The number of benzene rings is 2. The number of aromatic nitrogens is 3. The summed E-state index contributed by atoms with van der Waals surface area (Å²) in [5.74, 6) is 0.721. The lowest BCUT2D eigenvalue weighted by atomic mass is 10.2. The van der Waals surface area contributed by atoms with Crippen LogP contribution in [0.25, 0.3) is 0 Å². The van der Waals surface area contributed by atoms with Crippen LogP contribution in [0.3, 0.4) is 0 Å². The van der Waals surface area contributed by atoms with E-state index in [0.717, 1.165) is 5.56 Å². The molecule has 0 unspecified atom stereocenters. The lowest BCUT2D eigenvalue weighted by Gasteiger charge is -2.11. The molecule has 3 rings (SSSR count). The summed E-state index contributed by atoms with van der Waals surface area (Å²) in [4.78, 5) is 36.4. The summed E-state index contributed by atoms with van der Waals surface area (Å²) in [5, 5.41) is 9.64. The van der Waals surface area contributed by atoms with E-state index in [0.29, 0.717) is 23.7 Å². The third-order valence-electron chi connectivity index (χ3n) is 4.20. The van der Waals surface area contributed by atoms with Crippen LogP contribution >= 0.6 is 0 Å². The van der Waals surface area contributed by atoms with Crippen molar-refractivity contribution >= 4 is 12.1 Å². The molecule has 0 aliphatic rings. The van der Waals surface area contributed by atoms with Crippen LogP contribution in [0.15, 0.2) is 63.2 Å². The lowest BCUT2D eigenvalue weighted by molar-refractivity contribution is -0.121. The van der Waals surface area contributed by atoms with Crippen LogP contribution in [0.2, 0.25) is 0 Å². The maximum absolute atomic E-state index is 11.9. The van der Waals surface area contributed by atoms with Gasteiger partial charge in [-0.15, -0.1) is 0 Å². The zero-order valence-corrected chi connectivity index (χ0v) is 16.8. The molecule has 2 aromatic carbocycles. The Kier molecular flexibility index (Phi) is 7.30. The van der Waals surface area contributed by atoms with Crippen molar-refractivity contribution in [3.63, 3.8) is 0 Å². The van der Waals surface area contributed by atoms with Gasteiger partial charge in [-0.05, 0) is 29.3 Å². The van der Waals surface area contributed by atoms with E-state index < -0.39 is 17.2 Å². The minimum atomic E-state index is -0.699. The molecule has 10 heteroatoms. The Labute approximate surface area is 176 Å². The van der Waals surface area contributed by atoms with Gasteiger partial charge in [0.2, 0.25) is 5.91 Å². The van der Waals surface area contributed by atoms with E-state index in [1.807, 2.05) is 35.3 Å². The fraction of sp³-hybridized carbons (Fsp3) is 0.190. The van der Waals surface area contributed by atoms with Crippen LogP contribution in [0.1, 0.15) is 23.2 Å². The van der Waals surface area contributed by atoms with E-state index in [1.165, 1.54) is 6.21 Å². The monoisotopic (exact) mass is 423 g/mol. The molecule has 0 atom stereocenters. The quantitative estimate of drug-likeness (QED) is 0.348. The van der Waals surface area contributed by atoms with Crippen LogP contribution in [0.4, 0.5) is 0 Å². The third kappa shape index (κ3) is 6.39. The van der Waals surface area contributed by atoms with Crippen molar-refractivity contribution < 1.29 is 14.3 Å². The molecule has 3 N–H and O–H groups in total. The van der Waals surface area contributed by atoms with Crippen LogP contribution in [-0.4, -0.2) is 34.4 Å². The van der Waals surface area contributed by atoms with Gasteiger partial charge in [0, 0.05) is 12.8 Å². The van der Waals surface area contributed by atoms with Gasteiger partial charge in [-0.3, -0.25) is 14.6 Å². The molecule has 0 aliphatic heterocycles. The first kappa shape index (κ1) is 21.5. The number of rotatable bonds is 9. The minimum Gasteiger partial charge on any atom is -0.493 e. The van der Waals surface area contributed by atoms with Gasteiger partial charge in [-0.1, -0.05) is 30.3 Å². The molecule has 1 aromatic heterocycles. The Hall–Kier alpha value is -4.21. The largest absolute Gasteiger partial charge is 0.493 e. The van der Waals surface area contributed by atoms with Gasteiger partial charge in [0.1, 0.15) is 12.3 Å². The maximum atomic E-state index is 11.9. The molecular weight excluding hydrogens is 402 g/mol. The molecule has 0 spiro atoms. The number of ether oxygens (including phenoxy) is 2. The molecule has 1 amide bonds. The van der Waals surface area contributed by atoms with Gasteiger partial charge < -0.3 is 9.47 Å². The van der Waals surface area contributed by atoms with Gasteiger partial charge in [0.05, 0.1) is 13.3 Å². The average molecular weight is 423 g/mol. The Morgan fingerprint density at radius 2 is 1.97 bits per heavy atom. The van der Waals surface area contributed by atoms with Crippen molar-refractivity contribution in [3.8, 4) is 11.5 Å². The summed E-state index contributed by atoms with van der Waals surface area (Å²) in [6.07, 6.45) is 1.51. The molecular formula is C21H21N5O5.